The van der Waals surface area contributed by atoms with Gasteiger partial charge in [-0.2, -0.15) is 0 Å². The molecule has 2 unspecified atom stereocenters. The Morgan fingerprint density at radius 3 is 2.25 bits per heavy atom. The van der Waals surface area contributed by atoms with Crippen LogP contribution in [0.5, 0.6) is 0 Å². The lowest BCUT2D eigenvalue weighted by atomic mass is 9.78. The molecule has 2 atom stereocenters. The predicted octanol–water partition coefficient (Wildman–Crippen LogP) is 5.49. The average molecular weight is 400 g/mol. The summed E-state index contributed by atoms with van der Waals surface area (Å²) >= 11 is 0. The molecule has 28 heavy (non-hydrogen) atoms. The lowest BCUT2D eigenvalue weighted by Crippen LogP contribution is -2.45. The molecule has 0 bridgehead atoms. The predicted molar refractivity (Wildman–Crippen MR) is 116 cm³/mol. The van der Waals surface area contributed by atoms with Crippen LogP contribution < -0.4 is 4.72 Å². The van der Waals surface area contributed by atoms with E-state index in [9.17, 15) is 8.42 Å². The van der Waals surface area contributed by atoms with Crippen LogP contribution >= 0.6 is 0 Å². The van der Waals surface area contributed by atoms with Crippen LogP contribution in [-0.2, 0) is 16.4 Å². The van der Waals surface area contributed by atoms with E-state index in [0.29, 0.717) is 16.7 Å². The van der Waals surface area contributed by atoms with Crippen molar-refractivity contribution in [3.05, 3.63) is 65.7 Å². The van der Waals surface area contributed by atoms with Crippen LogP contribution in [0.15, 0.2) is 59.5 Å². The second-order valence-electron chi connectivity index (χ2n) is 8.36. The minimum Gasteiger partial charge on any atom is -0.208 e. The SMILES string of the molecule is Cc1ccc(S(=O)(=O)NC(C(C)CCc2ccccc2)C2CCCCC2)cc1. The van der Waals surface area contributed by atoms with Crippen LogP contribution in [-0.4, -0.2) is 14.5 Å². The zero-order valence-corrected chi connectivity index (χ0v) is 17.9. The monoisotopic (exact) mass is 399 g/mol. The van der Waals surface area contributed by atoms with Gasteiger partial charge in [0, 0.05) is 6.04 Å². The third-order valence-electron chi connectivity index (χ3n) is 6.12. The van der Waals surface area contributed by atoms with Crippen molar-refractivity contribution >= 4 is 10.0 Å². The number of benzene rings is 2. The summed E-state index contributed by atoms with van der Waals surface area (Å²) < 4.78 is 29.2. The van der Waals surface area contributed by atoms with Gasteiger partial charge in [-0.05, 0) is 62.1 Å². The van der Waals surface area contributed by atoms with E-state index < -0.39 is 10.0 Å². The summed E-state index contributed by atoms with van der Waals surface area (Å²) in [5, 5.41) is 0. The highest BCUT2D eigenvalue weighted by atomic mass is 32.2. The van der Waals surface area contributed by atoms with E-state index in [-0.39, 0.29) is 6.04 Å². The number of sulfonamides is 1. The van der Waals surface area contributed by atoms with Gasteiger partial charge < -0.3 is 0 Å². The van der Waals surface area contributed by atoms with E-state index >= 15 is 0 Å². The molecule has 1 fully saturated rings. The molecule has 152 valence electrons. The number of aryl methyl sites for hydroxylation is 2. The molecule has 0 heterocycles. The first-order valence-electron chi connectivity index (χ1n) is 10.6. The molecule has 0 saturated heterocycles. The number of nitrogens with one attached hydrogen (secondary N) is 1. The van der Waals surface area contributed by atoms with Gasteiger partial charge in [0.15, 0.2) is 0 Å². The van der Waals surface area contributed by atoms with Crippen LogP contribution in [0.2, 0.25) is 0 Å². The zero-order valence-electron chi connectivity index (χ0n) is 17.1. The van der Waals surface area contributed by atoms with Crippen molar-refractivity contribution < 1.29 is 8.42 Å². The molecule has 0 spiro atoms. The van der Waals surface area contributed by atoms with Crippen molar-refractivity contribution in [1.29, 1.82) is 0 Å². The molecule has 0 radical (unpaired) electrons. The lowest BCUT2D eigenvalue weighted by molar-refractivity contribution is 0.230. The fraction of sp³-hybridized carbons (Fsp3) is 0.500. The molecule has 0 aromatic heterocycles. The maximum absolute atomic E-state index is 13.1. The van der Waals surface area contributed by atoms with Gasteiger partial charge in [0.25, 0.3) is 0 Å². The van der Waals surface area contributed by atoms with Gasteiger partial charge in [0.2, 0.25) is 10.0 Å². The fourth-order valence-electron chi connectivity index (χ4n) is 4.35. The van der Waals surface area contributed by atoms with Gasteiger partial charge in [-0.1, -0.05) is 74.2 Å². The summed E-state index contributed by atoms with van der Waals surface area (Å²) in [4.78, 5) is 0.370. The summed E-state index contributed by atoms with van der Waals surface area (Å²) in [5.41, 5.74) is 2.39. The zero-order chi connectivity index (χ0) is 20.0. The van der Waals surface area contributed by atoms with E-state index in [1.54, 1.807) is 12.1 Å². The summed E-state index contributed by atoms with van der Waals surface area (Å²) in [6.45, 7) is 4.18. The molecular formula is C24H33NO2S. The highest BCUT2D eigenvalue weighted by molar-refractivity contribution is 7.89. The Hall–Kier alpha value is -1.65. The Balaban J connectivity index is 1.75. The molecular weight excluding hydrogens is 366 g/mol. The van der Waals surface area contributed by atoms with Gasteiger partial charge in [-0.15, -0.1) is 0 Å². The Kier molecular flexibility index (Phi) is 7.30. The van der Waals surface area contributed by atoms with Crippen molar-refractivity contribution in [3.63, 3.8) is 0 Å². The van der Waals surface area contributed by atoms with Gasteiger partial charge in [-0.3, -0.25) is 0 Å². The second kappa shape index (κ2) is 9.71. The van der Waals surface area contributed by atoms with Crippen molar-refractivity contribution in [2.24, 2.45) is 11.8 Å². The minimum absolute atomic E-state index is 0.00434. The summed E-state index contributed by atoms with van der Waals surface area (Å²) in [6, 6.07) is 17.6. The molecule has 0 aliphatic heterocycles. The smallest absolute Gasteiger partial charge is 0.208 e. The molecule has 2 aromatic carbocycles. The summed E-state index contributed by atoms with van der Waals surface area (Å²) in [7, 11) is -3.50. The van der Waals surface area contributed by atoms with E-state index in [1.807, 2.05) is 25.1 Å². The highest BCUT2D eigenvalue weighted by Crippen LogP contribution is 2.32. The summed E-state index contributed by atoms with van der Waals surface area (Å²) in [6.07, 6.45) is 7.90. The third kappa shape index (κ3) is 5.68. The first-order valence-corrected chi connectivity index (χ1v) is 12.1. The largest absolute Gasteiger partial charge is 0.240 e. The Labute approximate surface area is 170 Å². The second-order valence-corrected chi connectivity index (χ2v) is 10.1. The normalized spacial score (nSPS) is 17.9. The number of hydrogen-bond donors (Lipinski definition) is 1. The van der Waals surface area contributed by atoms with Gasteiger partial charge in [0.05, 0.1) is 4.90 Å². The molecule has 3 nitrogen and oxygen atoms in total. The number of rotatable bonds is 8. The van der Waals surface area contributed by atoms with E-state index in [1.165, 1.54) is 24.8 Å². The number of hydrogen-bond acceptors (Lipinski definition) is 2. The Morgan fingerprint density at radius 2 is 1.61 bits per heavy atom. The lowest BCUT2D eigenvalue weighted by Gasteiger charge is -2.35. The van der Waals surface area contributed by atoms with Crippen LogP contribution in [0, 0.1) is 18.8 Å². The van der Waals surface area contributed by atoms with Crippen LogP contribution in [0.4, 0.5) is 0 Å². The molecule has 4 heteroatoms. The fourth-order valence-corrected chi connectivity index (χ4v) is 5.77. The summed E-state index contributed by atoms with van der Waals surface area (Å²) in [5.74, 6) is 0.725. The molecule has 2 aromatic rings. The first kappa shape index (κ1) is 21.1. The molecule has 0 amide bonds. The van der Waals surface area contributed by atoms with Gasteiger partial charge in [0.1, 0.15) is 0 Å². The molecule has 1 aliphatic rings. The van der Waals surface area contributed by atoms with E-state index in [4.69, 9.17) is 0 Å². The van der Waals surface area contributed by atoms with Crippen LogP contribution in [0.1, 0.15) is 56.6 Å². The minimum atomic E-state index is -3.50. The van der Waals surface area contributed by atoms with Gasteiger partial charge >= 0.3 is 0 Å². The molecule has 1 saturated carbocycles. The van der Waals surface area contributed by atoms with E-state index in [2.05, 4.69) is 35.9 Å². The van der Waals surface area contributed by atoms with Crippen LogP contribution in [0.25, 0.3) is 0 Å². The first-order chi connectivity index (χ1) is 13.5. The molecule has 1 aliphatic carbocycles. The maximum atomic E-state index is 13.1. The molecule has 3 rings (SSSR count). The topological polar surface area (TPSA) is 46.2 Å². The maximum Gasteiger partial charge on any atom is 0.240 e. The Morgan fingerprint density at radius 1 is 0.964 bits per heavy atom. The van der Waals surface area contributed by atoms with Crippen molar-refractivity contribution in [2.75, 3.05) is 0 Å². The highest BCUT2D eigenvalue weighted by Gasteiger charge is 2.32. The van der Waals surface area contributed by atoms with E-state index in [0.717, 1.165) is 31.2 Å². The van der Waals surface area contributed by atoms with Crippen molar-refractivity contribution in [1.82, 2.24) is 4.72 Å². The van der Waals surface area contributed by atoms with Crippen LogP contribution in [0.3, 0.4) is 0 Å². The Bertz CT molecular complexity index is 825. The third-order valence-corrected chi connectivity index (χ3v) is 7.60. The standard InChI is InChI=1S/C24H33NO2S/c1-19-13-17-23(18-14-19)28(26,27)25-24(22-11-7-4-8-12-22)20(2)15-16-21-9-5-3-6-10-21/h3,5-6,9-10,13-14,17-18,20,22,24-25H,4,7-8,11-12,15-16H2,1-2H3. The van der Waals surface area contributed by atoms with Gasteiger partial charge in [-0.25, -0.2) is 13.1 Å². The quantitative estimate of drug-likeness (QED) is 0.638. The van der Waals surface area contributed by atoms with Crippen molar-refractivity contribution in [3.8, 4) is 0 Å². The van der Waals surface area contributed by atoms with Crippen molar-refractivity contribution in [2.45, 2.75) is 69.7 Å². The molecule has 1 N–H and O–H groups in total. The average Bonchev–Trinajstić information content (AvgIpc) is 2.72.